The molecule has 0 bridgehead atoms. The van der Waals surface area contributed by atoms with Crippen LogP contribution < -0.4 is 11.1 Å². The zero-order valence-electron chi connectivity index (χ0n) is 10.6. The maximum Gasteiger partial charge on any atom is 0.253 e. The fourth-order valence-corrected chi connectivity index (χ4v) is 1.59. The van der Waals surface area contributed by atoms with Crippen LogP contribution in [0.2, 0.25) is 0 Å². The Morgan fingerprint density at radius 3 is 3.00 bits per heavy atom. The molecule has 0 aliphatic heterocycles. The number of pyridine rings is 1. The molecule has 4 heteroatoms. The van der Waals surface area contributed by atoms with Crippen molar-refractivity contribution in [1.82, 2.24) is 10.3 Å². The third-order valence-corrected chi connectivity index (χ3v) is 2.81. The molecule has 1 atom stereocenters. The molecule has 1 rings (SSSR count). The Morgan fingerprint density at radius 1 is 1.59 bits per heavy atom. The summed E-state index contributed by atoms with van der Waals surface area (Å²) in [5, 5.41) is 2.90. The highest BCUT2D eigenvalue weighted by Gasteiger charge is 2.08. The van der Waals surface area contributed by atoms with E-state index < -0.39 is 0 Å². The highest BCUT2D eigenvalue weighted by atomic mass is 16.1. The van der Waals surface area contributed by atoms with Gasteiger partial charge in [0.25, 0.3) is 5.91 Å². The van der Waals surface area contributed by atoms with Crippen LogP contribution in [0.4, 0.5) is 0 Å². The quantitative estimate of drug-likeness (QED) is 0.734. The number of hydrogen-bond donors (Lipinski definition) is 2. The maximum absolute atomic E-state index is 11.8. The molecular formula is C13H21N3O. The number of aryl methyl sites for hydroxylation is 1. The van der Waals surface area contributed by atoms with Crippen molar-refractivity contribution in [3.63, 3.8) is 0 Å². The second-order valence-electron chi connectivity index (χ2n) is 4.38. The molecule has 4 nitrogen and oxygen atoms in total. The van der Waals surface area contributed by atoms with Gasteiger partial charge in [-0.15, -0.1) is 0 Å². The number of hydrogen-bond acceptors (Lipinski definition) is 3. The first-order valence-corrected chi connectivity index (χ1v) is 6.05. The third kappa shape index (κ3) is 4.53. The topological polar surface area (TPSA) is 68.0 Å². The molecule has 0 aliphatic rings. The number of nitrogens with two attached hydrogens (primary N) is 1. The summed E-state index contributed by atoms with van der Waals surface area (Å²) >= 11 is 0. The zero-order chi connectivity index (χ0) is 12.7. The minimum absolute atomic E-state index is 0.0454. The van der Waals surface area contributed by atoms with E-state index in [9.17, 15) is 4.79 Å². The van der Waals surface area contributed by atoms with Gasteiger partial charge in [0, 0.05) is 18.4 Å². The second-order valence-corrected chi connectivity index (χ2v) is 4.38. The van der Waals surface area contributed by atoms with Gasteiger partial charge in [-0.3, -0.25) is 9.78 Å². The van der Waals surface area contributed by atoms with E-state index in [2.05, 4.69) is 17.2 Å². The monoisotopic (exact) mass is 235 g/mol. The Labute approximate surface area is 103 Å². The van der Waals surface area contributed by atoms with Crippen molar-refractivity contribution in [2.24, 2.45) is 11.7 Å². The Morgan fingerprint density at radius 2 is 2.35 bits per heavy atom. The summed E-state index contributed by atoms with van der Waals surface area (Å²) in [6.07, 6.45) is 3.70. The second kappa shape index (κ2) is 7.01. The Bertz CT molecular complexity index is 365. The smallest absolute Gasteiger partial charge is 0.253 e. The number of nitrogens with zero attached hydrogens (tertiary/aromatic N) is 1. The van der Waals surface area contributed by atoms with Crippen molar-refractivity contribution in [3.8, 4) is 0 Å². The molecule has 1 aromatic rings. The molecule has 0 saturated heterocycles. The van der Waals surface area contributed by atoms with Crippen molar-refractivity contribution in [2.45, 2.75) is 26.7 Å². The van der Waals surface area contributed by atoms with E-state index in [-0.39, 0.29) is 5.91 Å². The molecule has 1 unspecified atom stereocenters. The van der Waals surface area contributed by atoms with Crippen LogP contribution in [0, 0.1) is 12.8 Å². The van der Waals surface area contributed by atoms with Gasteiger partial charge in [-0.25, -0.2) is 0 Å². The van der Waals surface area contributed by atoms with E-state index in [0.29, 0.717) is 24.6 Å². The standard InChI is InChI=1S/C13H21N3O/c1-10(9-14)5-3-8-16-13(17)12-6-4-7-15-11(12)2/h4,6-7,10H,3,5,8-9,14H2,1-2H3,(H,16,17). The average Bonchev–Trinajstić information content (AvgIpc) is 2.34. The van der Waals surface area contributed by atoms with Gasteiger partial charge >= 0.3 is 0 Å². The highest BCUT2D eigenvalue weighted by Crippen LogP contribution is 2.04. The molecule has 0 fully saturated rings. The predicted octanol–water partition coefficient (Wildman–Crippen LogP) is 1.49. The van der Waals surface area contributed by atoms with Crippen LogP contribution in [0.3, 0.4) is 0 Å². The number of carbonyl (C=O) groups excluding carboxylic acids is 1. The minimum Gasteiger partial charge on any atom is -0.352 e. The molecule has 0 aliphatic carbocycles. The summed E-state index contributed by atoms with van der Waals surface area (Å²) < 4.78 is 0. The Balaban J connectivity index is 2.33. The molecule has 1 amide bonds. The lowest BCUT2D eigenvalue weighted by molar-refractivity contribution is 0.0951. The molecule has 0 spiro atoms. The predicted molar refractivity (Wildman–Crippen MR) is 68.8 cm³/mol. The van der Waals surface area contributed by atoms with Gasteiger partial charge in [0.2, 0.25) is 0 Å². The molecule has 0 saturated carbocycles. The largest absolute Gasteiger partial charge is 0.352 e. The van der Waals surface area contributed by atoms with E-state index in [4.69, 9.17) is 5.73 Å². The van der Waals surface area contributed by atoms with E-state index in [0.717, 1.165) is 18.5 Å². The SMILES string of the molecule is Cc1ncccc1C(=O)NCCCC(C)CN. The van der Waals surface area contributed by atoms with Crippen LogP contribution in [0.5, 0.6) is 0 Å². The van der Waals surface area contributed by atoms with Crippen LogP contribution >= 0.6 is 0 Å². The first kappa shape index (κ1) is 13.6. The van der Waals surface area contributed by atoms with Gasteiger partial charge in [0.15, 0.2) is 0 Å². The molecule has 1 aromatic heterocycles. The fraction of sp³-hybridized carbons (Fsp3) is 0.538. The van der Waals surface area contributed by atoms with Crippen molar-refractivity contribution >= 4 is 5.91 Å². The molecule has 3 N–H and O–H groups in total. The maximum atomic E-state index is 11.8. The number of nitrogens with one attached hydrogen (secondary N) is 1. The van der Waals surface area contributed by atoms with Crippen LogP contribution in [-0.4, -0.2) is 24.0 Å². The molecular weight excluding hydrogens is 214 g/mol. The molecule has 94 valence electrons. The summed E-state index contributed by atoms with van der Waals surface area (Å²) in [5.74, 6) is 0.475. The Kier molecular flexibility index (Phi) is 5.63. The first-order valence-electron chi connectivity index (χ1n) is 6.05. The van der Waals surface area contributed by atoms with E-state index >= 15 is 0 Å². The summed E-state index contributed by atoms with van der Waals surface area (Å²) in [6.45, 7) is 5.35. The van der Waals surface area contributed by atoms with Gasteiger partial charge in [0.1, 0.15) is 0 Å². The molecule has 0 radical (unpaired) electrons. The minimum atomic E-state index is -0.0454. The van der Waals surface area contributed by atoms with Crippen LogP contribution in [0.25, 0.3) is 0 Å². The number of amides is 1. The van der Waals surface area contributed by atoms with Gasteiger partial charge in [-0.2, -0.15) is 0 Å². The van der Waals surface area contributed by atoms with Crippen molar-refractivity contribution in [2.75, 3.05) is 13.1 Å². The lowest BCUT2D eigenvalue weighted by Crippen LogP contribution is -2.26. The van der Waals surface area contributed by atoms with E-state index in [1.165, 1.54) is 0 Å². The van der Waals surface area contributed by atoms with Crippen molar-refractivity contribution in [3.05, 3.63) is 29.6 Å². The van der Waals surface area contributed by atoms with Gasteiger partial charge in [-0.1, -0.05) is 6.92 Å². The average molecular weight is 235 g/mol. The van der Waals surface area contributed by atoms with Gasteiger partial charge in [0.05, 0.1) is 5.56 Å². The molecule has 0 aromatic carbocycles. The molecule has 17 heavy (non-hydrogen) atoms. The fourth-order valence-electron chi connectivity index (χ4n) is 1.59. The van der Waals surface area contributed by atoms with Crippen LogP contribution in [0.1, 0.15) is 35.8 Å². The van der Waals surface area contributed by atoms with Gasteiger partial charge < -0.3 is 11.1 Å². The summed E-state index contributed by atoms with van der Waals surface area (Å²) in [5.41, 5.74) is 6.95. The summed E-state index contributed by atoms with van der Waals surface area (Å²) in [4.78, 5) is 15.9. The van der Waals surface area contributed by atoms with Crippen LogP contribution in [0.15, 0.2) is 18.3 Å². The molecule has 1 heterocycles. The third-order valence-electron chi connectivity index (χ3n) is 2.81. The zero-order valence-corrected chi connectivity index (χ0v) is 10.6. The normalized spacial score (nSPS) is 12.2. The highest BCUT2D eigenvalue weighted by molar-refractivity contribution is 5.95. The lowest BCUT2D eigenvalue weighted by Gasteiger charge is -2.09. The summed E-state index contributed by atoms with van der Waals surface area (Å²) in [7, 11) is 0. The van der Waals surface area contributed by atoms with Gasteiger partial charge in [-0.05, 0) is 44.4 Å². The number of rotatable bonds is 6. The number of aromatic nitrogens is 1. The Hall–Kier alpha value is -1.42. The van der Waals surface area contributed by atoms with E-state index in [1.54, 1.807) is 18.3 Å². The van der Waals surface area contributed by atoms with Crippen molar-refractivity contribution in [1.29, 1.82) is 0 Å². The van der Waals surface area contributed by atoms with Crippen LogP contribution in [-0.2, 0) is 0 Å². The summed E-state index contributed by atoms with van der Waals surface area (Å²) in [6, 6.07) is 3.57. The van der Waals surface area contributed by atoms with E-state index in [1.807, 2.05) is 6.92 Å². The first-order chi connectivity index (χ1) is 8.15. The van der Waals surface area contributed by atoms with Crippen molar-refractivity contribution < 1.29 is 4.79 Å². The number of carbonyl (C=O) groups is 1. The lowest BCUT2D eigenvalue weighted by atomic mass is 10.1.